The molecule has 2 unspecified atom stereocenters. The Balaban J connectivity index is 2.41. The first-order valence-electron chi connectivity index (χ1n) is 4.45. The van der Waals surface area contributed by atoms with Crippen molar-refractivity contribution in [3.63, 3.8) is 0 Å². The summed E-state index contributed by atoms with van der Waals surface area (Å²) >= 11 is 0. The predicted molar refractivity (Wildman–Crippen MR) is 49.7 cm³/mol. The molecular weight excluding hydrogens is 150 g/mol. The third kappa shape index (κ3) is 2.34. The van der Waals surface area contributed by atoms with E-state index in [0.717, 1.165) is 13.0 Å². The molecule has 1 heterocycles. The lowest BCUT2D eigenvalue weighted by atomic mass is 10.0. The molecule has 2 atom stereocenters. The van der Waals surface area contributed by atoms with E-state index in [2.05, 4.69) is 18.8 Å². The van der Waals surface area contributed by atoms with Crippen molar-refractivity contribution in [2.45, 2.75) is 32.9 Å². The third-order valence-electron chi connectivity index (χ3n) is 2.36. The van der Waals surface area contributed by atoms with Gasteiger partial charge in [-0.25, -0.2) is 4.98 Å². The van der Waals surface area contributed by atoms with Gasteiger partial charge in [-0.15, -0.1) is 0 Å². The Morgan fingerprint density at radius 3 is 2.83 bits per heavy atom. The van der Waals surface area contributed by atoms with Crippen LogP contribution in [-0.4, -0.2) is 15.6 Å². The summed E-state index contributed by atoms with van der Waals surface area (Å²) in [5, 5.41) is 0. The van der Waals surface area contributed by atoms with Gasteiger partial charge in [0.15, 0.2) is 0 Å². The zero-order chi connectivity index (χ0) is 8.97. The van der Waals surface area contributed by atoms with Gasteiger partial charge in [-0.05, 0) is 5.92 Å². The van der Waals surface area contributed by atoms with Crippen molar-refractivity contribution in [3.8, 4) is 0 Å². The van der Waals surface area contributed by atoms with Crippen molar-refractivity contribution in [1.82, 2.24) is 9.55 Å². The van der Waals surface area contributed by atoms with Gasteiger partial charge in [-0.1, -0.05) is 20.3 Å². The van der Waals surface area contributed by atoms with E-state index in [1.165, 1.54) is 0 Å². The van der Waals surface area contributed by atoms with Crippen LogP contribution in [0.2, 0.25) is 0 Å². The molecule has 0 fully saturated rings. The van der Waals surface area contributed by atoms with Gasteiger partial charge in [0.05, 0.1) is 6.33 Å². The van der Waals surface area contributed by atoms with Crippen molar-refractivity contribution >= 4 is 0 Å². The van der Waals surface area contributed by atoms with E-state index in [1.54, 1.807) is 6.20 Å². The average Bonchev–Trinajstić information content (AvgIpc) is 2.55. The molecule has 2 N–H and O–H groups in total. The van der Waals surface area contributed by atoms with Gasteiger partial charge >= 0.3 is 0 Å². The molecule has 0 saturated carbocycles. The molecule has 3 heteroatoms. The Morgan fingerprint density at radius 1 is 1.58 bits per heavy atom. The van der Waals surface area contributed by atoms with Crippen LogP contribution < -0.4 is 5.73 Å². The Labute approximate surface area is 73.6 Å². The summed E-state index contributed by atoms with van der Waals surface area (Å²) in [5.74, 6) is 0.576. The molecule has 12 heavy (non-hydrogen) atoms. The third-order valence-corrected chi connectivity index (χ3v) is 2.36. The molecule has 0 saturated heterocycles. The molecule has 0 radical (unpaired) electrons. The molecular formula is C9H17N3. The van der Waals surface area contributed by atoms with Gasteiger partial charge in [-0.2, -0.15) is 0 Å². The van der Waals surface area contributed by atoms with Gasteiger partial charge < -0.3 is 10.3 Å². The number of aromatic nitrogens is 2. The minimum atomic E-state index is 0.240. The van der Waals surface area contributed by atoms with E-state index in [0.29, 0.717) is 5.92 Å². The lowest BCUT2D eigenvalue weighted by molar-refractivity contribution is 0.396. The maximum atomic E-state index is 5.97. The number of imidazole rings is 1. The van der Waals surface area contributed by atoms with Gasteiger partial charge in [0, 0.05) is 25.0 Å². The highest BCUT2D eigenvalue weighted by atomic mass is 15.0. The van der Waals surface area contributed by atoms with Crippen LogP contribution in [0.1, 0.15) is 20.3 Å². The van der Waals surface area contributed by atoms with Crippen molar-refractivity contribution in [2.24, 2.45) is 11.7 Å². The summed E-state index contributed by atoms with van der Waals surface area (Å²) in [6, 6.07) is 0.240. The fraction of sp³-hybridized carbons (Fsp3) is 0.667. The largest absolute Gasteiger partial charge is 0.336 e. The van der Waals surface area contributed by atoms with E-state index in [1.807, 2.05) is 17.1 Å². The van der Waals surface area contributed by atoms with Crippen LogP contribution >= 0.6 is 0 Å². The Kier molecular flexibility index (Phi) is 3.29. The maximum absolute atomic E-state index is 5.97. The molecule has 0 amide bonds. The first-order valence-corrected chi connectivity index (χ1v) is 4.45. The van der Waals surface area contributed by atoms with E-state index < -0.39 is 0 Å². The van der Waals surface area contributed by atoms with Crippen LogP contribution in [0.4, 0.5) is 0 Å². The lowest BCUT2D eigenvalue weighted by Gasteiger charge is -2.18. The van der Waals surface area contributed by atoms with Crippen LogP contribution in [0.3, 0.4) is 0 Å². The van der Waals surface area contributed by atoms with Crippen LogP contribution in [0.25, 0.3) is 0 Å². The summed E-state index contributed by atoms with van der Waals surface area (Å²) in [7, 11) is 0. The standard InChI is InChI=1S/C9H17N3/c1-3-8(2)9(10)6-12-5-4-11-7-12/h4-5,7-9H,3,6,10H2,1-2H3. The fourth-order valence-electron chi connectivity index (χ4n) is 1.12. The molecule has 3 nitrogen and oxygen atoms in total. The van der Waals surface area contributed by atoms with Gasteiger partial charge in [-0.3, -0.25) is 0 Å². The minimum absolute atomic E-state index is 0.240. The number of nitrogens with two attached hydrogens (primary N) is 1. The highest BCUT2D eigenvalue weighted by Gasteiger charge is 2.10. The average molecular weight is 167 g/mol. The van der Waals surface area contributed by atoms with Crippen molar-refractivity contribution in [1.29, 1.82) is 0 Å². The first-order chi connectivity index (χ1) is 5.74. The van der Waals surface area contributed by atoms with Crippen LogP contribution in [0, 0.1) is 5.92 Å². The van der Waals surface area contributed by atoms with Crippen molar-refractivity contribution in [2.75, 3.05) is 0 Å². The molecule has 1 aromatic rings. The number of nitrogens with zero attached hydrogens (tertiary/aromatic N) is 2. The van der Waals surface area contributed by atoms with Crippen molar-refractivity contribution < 1.29 is 0 Å². The molecule has 0 aliphatic rings. The SMILES string of the molecule is CCC(C)C(N)Cn1ccnc1. The first kappa shape index (κ1) is 9.26. The summed E-state index contributed by atoms with van der Waals surface area (Å²) in [6.45, 7) is 5.22. The summed E-state index contributed by atoms with van der Waals surface area (Å²) < 4.78 is 2.02. The van der Waals surface area contributed by atoms with Gasteiger partial charge in [0.1, 0.15) is 0 Å². The van der Waals surface area contributed by atoms with Crippen LogP contribution in [-0.2, 0) is 6.54 Å². The predicted octanol–water partition coefficient (Wildman–Crippen LogP) is 1.26. The molecule has 1 rings (SSSR count). The second-order valence-corrected chi connectivity index (χ2v) is 3.31. The van der Waals surface area contributed by atoms with Crippen LogP contribution in [0.5, 0.6) is 0 Å². The molecule has 0 aliphatic carbocycles. The van der Waals surface area contributed by atoms with E-state index in [-0.39, 0.29) is 6.04 Å². The molecule has 0 aliphatic heterocycles. The molecule has 0 bridgehead atoms. The summed E-state index contributed by atoms with van der Waals surface area (Å²) in [5.41, 5.74) is 5.97. The highest BCUT2D eigenvalue weighted by Crippen LogP contribution is 2.06. The van der Waals surface area contributed by atoms with Crippen molar-refractivity contribution in [3.05, 3.63) is 18.7 Å². The summed E-state index contributed by atoms with van der Waals surface area (Å²) in [4.78, 5) is 3.97. The number of hydrogen-bond donors (Lipinski definition) is 1. The fourth-order valence-corrected chi connectivity index (χ4v) is 1.12. The zero-order valence-corrected chi connectivity index (χ0v) is 7.77. The minimum Gasteiger partial charge on any atom is -0.336 e. The molecule has 0 spiro atoms. The Hall–Kier alpha value is -0.830. The number of hydrogen-bond acceptors (Lipinski definition) is 2. The maximum Gasteiger partial charge on any atom is 0.0946 e. The quantitative estimate of drug-likeness (QED) is 0.733. The lowest BCUT2D eigenvalue weighted by Crippen LogP contribution is -2.32. The normalized spacial score (nSPS) is 15.9. The second kappa shape index (κ2) is 4.26. The highest BCUT2D eigenvalue weighted by molar-refractivity contribution is 4.78. The number of rotatable bonds is 4. The van der Waals surface area contributed by atoms with E-state index >= 15 is 0 Å². The van der Waals surface area contributed by atoms with Crippen LogP contribution in [0.15, 0.2) is 18.7 Å². The van der Waals surface area contributed by atoms with Gasteiger partial charge in [0.2, 0.25) is 0 Å². The van der Waals surface area contributed by atoms with E-state index in [9.17, 15) is 0 Å². The summed E-state index contributed by atoms with van der Waals surface area (Å²) in [6.07, 6.45) is 6.67. The monoisotopic (exact) mass is 167 g/mol. The molecule has 0 aromatic carbocycles. The Morgan fingerprint density at radius 2 is 2.33 bits per heavy atom. The zero-order valence-electron chi connectivity index (χ0n) is 7.77. The topological polar surface area (TPSA) is 43.8 Å². The smallest absolute Gasteiger partial charge is 0.0946 e. The van der Waals surface area contributed by atoms with E-state index in [4.69, 9.17) is 5.73 Å². The van der Waals surface area contributed by atoms with Gasteiger partial charge in [0.25, 0.3) is 0 Å². The Bertz CT molecular complexity index is 206. The molecule has 68 valence electrons. The second-order valence-electron chi connectivity index (χ2n) is 3.31. The molecule has 1 aromatic heterocycles.